The predicted octanol–water partition coefficient (Wildman–Crippen LogP) is 1.18. The van der Waals surface area contributed by atoms with Crippen LogP contribution in [-0.2, 0) is 0 Å². The summed E-state index contributed by atoms with van der Waals surface area (Å²) in [7, 11) is 0. The molecule has 0 saturated heterocycles. The SMILES string of the molecule is N#CCC1(CNCC2(O)CCC2)CC1. The van der Waals surface area contributed by atoms with Gasteiger partial charge in [-0.3, -0.25) is 0 Å². The number of hydrogen-bond acceptors (Lipinski definition) is 3. The maximum absolute atomic E-state index is 9.83. The van der Waals surface area contributed by atoms with Gasteiger partial charge in [-0.2, -0.15) is 5.26 Å². The van der Waals surface area contributed by atoms with Crippen LogP contribution in [0.5, 0.6) is 0 Å². The predicted molar refractivity (Wildman–Crippen MR) is 53.6 cm³/mol. The summed E-state index contributed by atoms with van der Waals surface area (Å²) in [6.45, 7) is 1.61. The highest BCUT2D eigenvalue weighted by molar-refractivity contribution is 5.01. The summed E-state index contributed by atoms with van der Waals surface area (Å²) in [6, 6.07) is 2.24. The van der Waals surface area contributed by atoms with Gasteiger partial charge < -0.3 is 10.4 Å². The van der Waals surface area contributed by atoms with E-state index in [2.05, 4.69) is 11.4 Å². The maximum atomic E-state index is 9.83. The van der Waals surface area contributed by atoms with Gasteiger partial charge >= 0.3 is 0 Å². The lowest BCUT2D eigenvalue weighted by Gasteiger charge is -2.37. The van der Waals surface area contributed by atoms with Gasteiger partial charge in [0.25, 0.3) is 0 Å². The van der Waals surface area contributed by atoms with Crippen LogP contribution in [0.4, 0.5) is 0 Å². The first kappa shape index (κ1) is 9.95. The Hall–Kier alpha value is -0.590. The molecule has 2 aliphatic rings. The number of rotatable bonds is 5. The van der Waals surface area contributed by atoms with Crippen molar-refractivity contribution in [2.24, 2.45) is 5.41 Å². The molecule has 0 radical (unpaired) electrons. The Labute approximate surface area is 85.1 Å². The highest BCUT2D eigenvalue weighted by Crippen LogP contribution is 2.48. The van der Waals surface area contributed by atoms with Gasteiger partial charge in [0.1, 0.15) is 0 Å². The zero-order chi connectivity index (χ0) is 10.1. The average Bonchev–Trinajstić information content (AvgIpc) is 2.83. The Balaban J connectivity index is 1.66. The molecule has 0 amide bonds. The largest absolute Gasteiger partial charge is 0.389 e. The Morgan fingerprint density at radius 3 is 2.36 bits per heavy atom. The Kier molecular flexibility index (Phi) is 2.50. The molecule has 0 bridgehead atoms. The fourth-order valence-corrected chi connectivity index (χ4v) is 2.08. The molecular formula is C11H18N2O. The lowest BCUT2D eigenvalue weighted by Crippen LogP contribution is -2.47. The van der Waals surface area contributed by atoms with Gasteiger partial charge in [0.2, 0.25) is 0 Å². The van der Waals surface area contributed by atoms with E-state index in [1.54, 1.807) is 0 Å². The topological polar surface area (TPSA) is 56.0 Å². The molecule has 2 N–H and O–H groups in total. The van der Waals surface area contributed by atoms with Crippen LogP contribution in [-0.4, -0.2) is 23.8 Å². The second kappa shape index (κ2) is 3.52. The minimum atomic E-state index is -0.428. The van der Waals surface area contributed by atoms with Gasteiger partial charge in [-0.1, -0.05) is 0 Å². The third-order valence-electron chi connectivity index (χ3n) is 3.65. The highest BCUT2D eigenvalue weighted by atomic mass is 16.3. The van der Waals surface area contributed by atoms with Crippen molar-refractivity contribution < 1.29 is 5.11 Å². The second-order valence-corrected chi connectivity index (χ2v) is 5.02. The molecule has 2 aliphatic carbocycles. The number of hydrogen-bond donors (Lipinski definition) is 2. The Bertz CT molecular complexity index is 249. The zero-order valence-corrected chi connectivity index (χ0v) is 8.55. The van der Waals surface area contributed by atoms with Crippen molar-refractivity contribution in [2.75, 3.05) is 13.1 Å². The number of nitrogens with zero attached hydrogens (tertiary/aromatic N) is 1. The molecule has 2 saturated carbocycles. The molecule has 78 valence electrons. The minimum Gasteiger partial charge on any atom is -0.389 e. The third-order valence-corrected chi connectivity index (χ3v) is 3.65. The lowest BCUT2D eigenvalue weighted by atomic mass is 9.80. The molecule has 0 heterocycles. The summed E-state index contributed by atoms with van der Waals surface area (Å²) >= 11 is 0. The molecule has 0 aromatic carbocycles. The average molecular weight is 194 g/mol. The van der Waals surface area contributed by atoms with Crippen molar-refractivity contribution in [3.8, 4) is 6.07 Å². The van der Waals surface area contributed by atoms with E-state index in [0.717, 1.165) is 25.8 Å². The van der Waals surface area contributed by atoms with Crippen molar-refractivity contribution in [1.82, 2.24) is 5.32 Å². The van der Waals surface area contributed by atoms with Gasteiger partial charge in [0.05, 0.1) is 11.7 Å². The molecule has 2 rings (SSSR count). The van der Waals surface area contributed by atoms with Crippen LogP contribution in [0.1, 0.15) is 38.5 Å². The van der Waals surface area contributed by atoms with Gasteiger partial charge in [-0.05, 0) is 37.5 Å². The van der Waals surface area contributed by atoms with E-state index in [-0.39, 0.29) is 5.41 Å². The molecule has 3 heteroatoms. The van der Waals surface area contributed by atoms with Crippen LogP contribution in [0.15, 0.2) is 0 Å². The third kappa shape index (κ3) is 2.08. The van der Waals surface area contributed by atoms with Crippen molar-refractivity contribution in [1.29, 1.82) is 5.26 Å². The fourth-order valence-electron chi connectivity index (χ4n) is 2.08. The van der Waals surface area contributed by atoms with Crippen LogP contribution >= 0.6 is 0 Å². The monoisotopic (exact) mass is 194 g/mol. The summed E-state index contributed by atoms with van der Waals surface area (Å²) in [5, 5.41) is 21.8. The van der Waals surface area contributed by atoms with Crippen LogP contribution in [0.25, 0.3) is 0 Å². The fraction of sp³-hybridized carbons (Fsp3) is 0.909. The van der Waals surface area contributed by atoms with E-state index in [9.17, 15) is 5.11 Å². The first-order valence-electron chi connectivity index (χ1n) is 5.48. The number of nitrogens with one attached hydrogen (secondary N) is 1. The summed E-state index contributed by atoms with van der Waals surface area (Å²) in [6.07, 6.45) is 6.04. The lowest BCUT2D eigenvalue weighted by molar-refractivity contribution is -0.0318. The van der Waals surface area contributed by atoms with E-state index in [1.165, 1.54) is 12.8 Å². The van der Waals surface area contributed by atoms with Crippen LogP contribution in [0.3, 0.4) is 0 Å². The molecule has 3 nitrogen and oxygen atoms in total. The van der Waals surface area contributed by atoms with E-state index in [1.807, 2.05) is 0 Å². The summed E-state index contributed by atoms with van der Waals surface area (Å²) < 4.78 is 0. The van der Waals surface area contributed by atoms with E-state index in [0.29, 0.717) is 13.0 Å². The van der Waals surface area contributed by atoms with Gasteiger partial charge in [0.15, 0.2) is 0 Å². The van der Waals surface area contributed by atoms with E-state index in [4.69, 9.17) is 5.26 Å². The highest BCUT2D eigenvalue weighted by Gasteiger charge is 2.42. The molecular weight excluding hydrogens is 176 g/mol. The smallest absolute Gasteiger partial charge is 0.0771 e. The number of aliphatic hydroxyl groups is 1. The summed E-state index contributed by atoms with van der Waals surface area (Å²) in [4.78, 5) is 0. The maximum Gasteiger partial charge on any atom is 0.0771 e. The van der Waals surface area contributed by atoms with Crippen LogP contribution < -0.4 is 5.32 Å². The van der Waals surface area contributed by atoms with Crippen LogP contribution in [0, 0.1) is 16.7 Å². The quantitative estimate of drug-likeness (QED) is 0.691. The van der Waals surface area contributed by atoms with Gasteiger partial charge in [-0.15, -0.1) is 0 Å². The molecule has 0 aliphatic heterocycles. The molecule has 0 spiro atoms. The summed E-state index contributed by atoms with van der Waals surface area (Å²) in [5.41, 5.74) is -0.169. The number of nitriles is 1. The van der Waals surface area contributed by atoms with Crippen molar-refractivity contribution in [3.05, 3.63) is 0 Å². The molecule has 2 fully saturated rings. The zero-order valence-electron chi connectivity index (χ0n) is 8.55. The Morgan fingerprint density at radius 2 is 1.93 bits per heavy atom. The van der Waals surface area contributed by atoms with Crippen molar-refractivity contribution in [3.63, 3.8) is 0 Å². The van der Waals surface area contributed by atoms with Crippen molar-refractivity contribution >= 4 is 0 Å². The molecule has 0 unspecified atom stereocenters. The first-order chi connectivity index (χ1) is 6.68. The Morgan fingerprint density at radius 1 is 1.21 bits per heavy atom. The normalized spacial score (nSPS) is 26.3. The van der Waals surface area contributed by atoms with Crippen molar-refractivity contribution in [2.45, 2.75) is 44.1 Å². The molecule has 0 aromatic rings. The van der Waals surface area contributed by atoms with Crippen LogP contribution in [0.2, 0.25) is 0 Å². The molecule has 0 atom stereocenters. The second-order valence-electron chi connectivity index (χ2n) is 5.02. The first-order valence-corrected chi connectivity index (χ1v) is 5.48. The van der Waals surface area contributed by atoms with E-state index < -0.39 is 5.60 Å². The minimum absolute atomic E-state index is 0.259. The molecule has 0 aromatic heterocycles. The van der Waals surface area contributed by atoms with Gasteiger partial charge in [0, 0.05) is 19.5 Å². The summed E-state index contributed by atoms with van der Waals surface area (Å²) in [5.74, 6) is 0. The molecule has 14 heavy (non-hydrogen) atoms. The van der Waals surface area contributed by atoms with E-state index >= 15 is 0 Å². The van der Waals surface area contributed by atoms with Gasteiger partial charge in [-0.25, -0.2) is 0 Å². The standard InChI is InChI=1S/C11H18N2O/c12-7-6-10(4-5-10)8-13-9-11(14)2-1-3-11/h13-14H,1-6,8-9H2.